The lowest BCUT2D eigenvalue weighted by atomic mass is 9.70. The molecule has 2 atom stereocenters. The second-order valence-corrected chi connectivity index (χ2v) is 7.32. The summed E-state index contributed by atoms with van der Waals surface area (Å²) in [4.78, 5) is 14.9. The van der Waals surface area contributed by atoms with Gasteiger partial charge in [-0.15, -0.1) is 0 Å². The first-order valence-electron chi connectivity index (χ1n) is 7.24. The normalized spacial score (nSPS) is 32.2. The SMILES string of the molecule is COC(=O)C1(c2ccc(I)c(F)c2)CC2CCC(C1)N2C. The van der Waals surface area contributed by atoms with Gasteiger partial charge in [0.2, 0.25) is 0 Å². The van der Waals surface area contributed by atoms with Crippen LogP contribution < -0.4 is 0 Å². The Bertz CT molecular complexity index is 563. The van der Waals surface area contributed by atoms with Crippen molar-refractivity contribution in [3.63, 3.8) is 0 Å². The van der Waals surface area contributed by atoms with Crippen LogP contribution in [-0.2, 0) is 14.9 Å². The van der Waals surface area contributed by atoms with E-state index in [0.717, 1.165) is 18.4 Å². The molecule has 1 aromatic rings. The van der Waals surface area contributed by atoms with E-state index < -0.39 is 5.41 Å². The maximum atomic E-state index is 14.0. The van der Waals surface area contributed by atoms with Crippen LogP contribution in [0.5, 0.6) is 0 Å². The molecule has 0 aromatic heterocycles. The van der Waals surface area contributed by atoms with Crippen molar-refractivity contribution < 1.29 is 13.9 Å². The molecule has 3 nitrogen and oxygen atoms in total. The lowest BCUT2D eigenvalue weighted by molar-refractivity contribution is -0.150. The molecule has 21 heavy (non-hydrogen) atoms. The molecule has 2 heterocycles. The van der Waals surface area contributed by atoms with Gasteiger partial charge in [-0.2, -0.15) is 0 Å². The quantitative estimate of drug-likeness (QED) is 0.562. The Morgan fingerprint density at radius 3 is 2.52 bits per heavy atom. The summed E-state index contributed by atoms with van der Waals surface area (Å²) in [6, 6.07) is 5.90. The molecule has 114 valence electrons. The number of rotatable bonds is 2. The monoisotopic (exact) mass is 403 g/mol. The van der Waals surface area contributed by atoms with Gasteiger partial charge in [0.15, 0.2) is 0 Å². The second-order valence-electron chi connectivity index (χ2n) is 6.16. The topological polar surface area (TPSA) is 29.5 Å². The number of methoxy groups -OCH3 is 1. The largest absolute Gasteiger partial charge is 0.468 e. The molecule has 5 heteroatoms. The van der Waals surface area contributed by atoms with Crippen molar-refractivity contribution in [1.82, 2.24) is 4.90 Å². The first-order valence-corrected chi connectivity index (χ1v) is 8.31. The van der Waals surface area contributed by atoms with E-state index in [4.69, 9.17) is 4.74 Å². The van der Waals surface area contributed by atoms with E-state index in [1.807, 2.05) is 28.7 Å². The highest BCUT2D eigenvalue weighted by Crippen LogP contribution is 2.47. The van der Waals surface area contributed by atoms with Gasteiger partial charge in [0, 0.05) is 15.7 Å². The predicted octanol–water partition coefficient (Wildman–Crippen LogP) is 3.10. The van der Waals surface area contributed by atoms with Crippen molar-refractivity contribution in [2.24, 2.45) is 0 Å². The van der Waals surface area contributed by atoms with Crippen molar-refractivity contribution in [3.8, 4) is 0 Å². The van der Waals surface area contributed by atoms with Crippen LogP contribution >= 0.6 is 22.6 Å². The molecule has 0 N–H and O–H groups in total. The molecule has 0 radical (unpaired) electrons. The number of halogens is 2. The Morgan fingerprint density at radius 1 is 1.38 bits per heavy atom. The number of esters is 1. The maximum Gasteiger partial charge on any atom is 0.316 e. The van der Waals surface area contributed by atoms with Crippen LogP contribution in [-0.4, -0.2) is 37.1 Å². The van der Waals surface area contributed by atoms with Crippen LogP contribution in [0.4, 0.5) is 4.39 Å². The molecule has 2 fully saturated rings. The van der Waals surface area contributed by atoms with Crippen LogP contribution in [0, 0.1) is 9.39 Å². The molecule has 2 aliphatic heterocycles. The molecule has 0 saturated carbocycles. The van der Waals surface area contributed by atoms with Gasteiger partial charge in [0.05, 0.1) is 12.5 Å². The Hall–Kier alpha value is -0.690. The predicted molar refractivity (Wildman–Crippen MR) is 86.6 cm³/mol. The molecule has 2 saturated heterocycles. The van der Waals surface area contributed by atoms with E-state index in [2.05, 4.69) is 11.9 Å². The number of nitrogens with zero attached hydrogens (tertiary/aromatic N) is 1. The number of hydrogen-bond donors (Lipinski definition) is 0. The van der Waals surface area contributed by atoms with Crippen LogP contribution in [0.25, 0.3) is 0 Å². The fourth-order valence-electron chi connectivity index (χ4n) is 3.98. The zero-order chi connectivity index (χ0) is 15.2. The third kappa shape index (κ3) is 2.38. The lowest BCUT2D eigenvalue weighted by Gasteiger charge is -2.43. The summed E-state index contributed by atoms with van der Waals surface area (Å²) in [7, 11) is 3.55. The third-order valence-corrected chi connectivity index (χ3v) is 6.08. The van der Waals surface area contributed by atoms with Gasteiger partial charge >= 0.3 is 5.97 Å². The molecule has 0 spiro atoms. The smallest absolute Gasteiger partial charge is 0.316 e. The number of piperidine rings is 1. The molecule has 2 unspecified atom stereocenters. The highest BCUT2D eigenvalue weighted by atomic mass is 127. The van der Waals surface area contributed by atoms with E-state index >= 15 is 0 Å². The Labute approximate surface area is 138 Å². The van der Waals surface area contributed by atoms with E-state index in [9.17, 15) is 9.18 Å². The number of carbonyl (C=O) groups is 1. The fourth-order valence-corrected chi connectivity index (χ4v) is 4.31. The number of fused-ring (bicyclic) bond motifs is 2. The van der Waals surface area contributed by atoms with E-state index in [1.165, 1.54) is 13.2 Å². The number of carbonyl (C=O) groups excluding carboxylic acids is 1. The minimum Gasteiger partial charge on any atom is -0.468 e. The van der Waals surface area contributed by atoms with Gasteiger partial charge in [-0.3, -0.25) is 4.79 Å². The molecular weight excluding hydrogens is 384 g/mol. The summed E-state index contributed by atoms with van der Waals surface area (Å²) in [5.74, 6) is -0.490. The molecule has 3 rings (SSSR count). The van der Waals surface area contributed by atoms with Crippen molar-refractivity contribution in [2.75, 3.05) is 14.2 Å². The highest BCUT2D eigenvalue weighted by Gasteiger charge is 2.52. The minimum atomic E-state index is -0.696. The van der Waals surface area contributed by atoms with Gasteiger partial charge in [0.25, 0.3) is 0 Å². The Kier molecular flexibility index (Phi) is 3.98. The van der Waals surface area contributed by atoms with E-state index in [1.54, 1.807) is 6.07 Å². The summed E-state index contributed by atoms with van der Waals surface area (Å²) in [5.41, 5.74) is 0.0652. The standard InChI is InChI=1S/C16H19FINO2/c1-19-11-4-5-12(19)9-16(8-11,15(20)21-2)10-3-6-14(18)13(17)7-10/h3,6-7,11-12H,4-5,8-9H2,1-2H3. The van der Waals surface area contributed by atoms with Crippen LogP contribution in [0.15, 0.2) is 18.2 Å². The van der Waals surface area contributed by atoms with E-state index in [0.29, 0.717) is 28.5 Å². The van der Waals surface area contributed by atoms with Gasteiger partial charge in [-0.25, -0.2) is 4.39 Å². The molecule has 0 aliphatic carbocycles. The van der Waals surface area contributed by atoms with Crippen molar-refractivity contribution >= 4 is 28.6 Å². The molecule has 0 amide bonds. The van der Waals surface area contributed by atoms with Crippen LogP contribution in [0.2, 0.25) is 0 Å². The molecular formula is C16H19FINO2. The van der Waals surface area contributed by atoms with Gasteiger partial charge in [0.1, 0.15) is 5.82 Å². The zero-order valence-corrected chi connectivity index (χ0v) is 14.4. The fraction of sp³-hybridized carbons (Fsp3) is 0.562. The summed E-state index contributed by atoms with van der Waals surface area (Å²) in [6.45, 7) is 0. The number of benzene rings is 1. The summed E-state index contributed by atoms with van der Waals surface area (Å²) < 4.78 is 19.7. The van der Waals surface area contributed by atoms with Gasteiger partial charge in [-0.05, 0) is 73.0 Å². The zero-order valence-electron chi connectivity index (χ0n) is 12.2. The third-order valence-electron chi connectivity index (χ3n) is 5.20. The van der Waals surface area contributed by atoms with Crippen molar-refractivity contribution in [1.29, 1.82) is 0 Å². The second kappa shape index (κ2) is 5.50. The van der Waals surface area contributed by atoms with Gasteiger partial charge in [-0.1, -0.05) is 6.07 Å². The highest BCUT2D eigenvalue weighted by molar-refractivity contribution is 14.1. The van der Waals surface area contributed by atoms with Crippen LogP contribution in [0.3, 0.4) is 0 Å². The van der Waals surface area contributed by atoms with Crippen molar-refractivity contribution in [2.45, 2.75) is 43.2 Å². The number of hydrogen-bond acceptors (Lipinski definition) is 3. The molecule has 2 aliphatic rings. The summed E-state index contributed by atoms with van der Waals surface area (Å²) >= 11 is 1.97. The average Bonchev–Trinajstić information content (AvgIpc) is 2.71. The summed E-state index contributed by atoms with van der Waals surface area (Å²) in [5, 5.41) is 0. The van der Waals surface area contributed by atoms with Crippen LogP contribution in [0.1, 0.15) is 31.2 Å². The first kappa shape index (κ1) is 15.2. The van der Waals surface area contributed by atoms with Gasteiger partial charge < -0.3 is 9.64 Å². The average molecular weight is 403 g/mol. The Balaban J connectivity index is 2.06. The maximum absolute atomic E-state index is 14.0. The molecule has 1 aromatic carbocycles. The summed E-state index contributed by atoms with van der Waals surface area (Å²) in [6.07, 6.45) is 3.64. The van der Waals surface area contributed by atoms with E-state index in [-0.39, 0.29) is 11.8 Å². The van der Waals surface area contributed by atoms with Crippen molar-refractivity contribution in [3.05, 3.63) is 33.1 Å². The minimum absolute atomic E-state index is 0.229. The number of ether oxygens (including phenoxy) is 1. The Morgan fingerprint density at radius 2 is 2.00 bits per heavy atom. The first-order chi connectivity index (χ1) is 9.98. The molecule has 2 bridgehead atoms. The lowest BCUT2D eigenvalue weighted by Crippen LogP contribution is -2.52.